The van der Waals surface area contributed by atoms with Crippen LogP contribution in [0.25, 0.3) is 0 Å². The van der Waals surface area contributed by atoms with Gasteiger partial charge in [-0.2, -0.15) is 0 Å². The molecule has 5 heteroatoms. The first-order valence-corrected chi connectivity index (χ1v) is 8.58. The zero-order valence-corrected chi connectivity index (χ0v) is 17.1. The van der Waals surface area contributed by atoms with Crippen LogP contribution in [0, 0.1) is 0 Å². The minimum absolute atomic E-state index is 0. The molecule has 0 saturated heterocycles. The van der Waals surface area contributed by atoms with E-state index in [0.29, 0.717) is 0 Å². The van der Waals surface area contributed by atoms with Gasteiger partial charge in [0.15, 0.2) is 0 Å². The van der Waals surface area contributed by atoms with E-state index in [4.69, 9.17) is 0 Å². The van der Waals surface area contributed by atoms with Crippen molar-refractivity contribution in [2.24, 2.45) is 0 Å². The first kappa shape index (κ1) is 22.8. The maximum absolute atomic E-state index is 2.32. The second kappa shape index (κ2) is 11.1. The fraction of sp³-hybridized carbons (Fsp3) is 0.333. The van der Waals surface area contributed by atoms with Crippen molar-refractivity contribution in [2.45, 2.75) is 33.1 Å². The van der Waals surface area contributed by atoms with Gasteiger partial charge in [0.1, 0.15) is 0 Å². The molecule has 1 aromatic carbocycles. The average Bonchev–Trinajstić information content (AvgIpc) is 2.60. The minimum atomic E-state index is -0.225. The van der Waals surface area contributed by atoms with Crippen LogP contribution in [0.2, 0.25) is 0 Å². The van der Waals surface area contributed by atoms with Gasteiger partial charge in [0, 0.05) is 0 Å². The van der Waals surface area contributed by atoms with Crippen LogP contribution in [-0.2, 0) is 20.4 Å². The molecule has 0 aliphatic heterocycles. The Balaban J connectivity index is 0. The van der Waals surface area contributed by atoms with Crippen molar-refractivity contribution in [2.75, 3.05) is 0 Å². The maximum Gasteiger partial charge on any atom is -1.00 e. The van der Waals surface area contributed by atoms with Crippen LogP contribution in [0.5, 0.6) is 0 Å². The summed E-state index contributed by atoms with van der Waals surface area (Å²) in [7, 11) is -0.225. The molecule has 20 heavy (non-hydrogen) atoms. The Labute approximate surface area is 155 Å². The molecular formula is C15H19Cl3SiTi. The molecular weight excluding hydrogens is 362 g/mol. The van der Waals surface area contributed by atoms with Crippen LogP contribution in [0.1, 0.15) is 33.1 Å². The Morgan fingerprint density at radius 3 is 2.25 bits per heavy atom. The average molecular weight is 382 g/mol. The van der Waals surface area contributed by atoms with E-state index in [1.54, 1.807) is 25.4 Å². The van der Waals surface area contributed by atoms with E-state index in [0.717, 1.165) is 0 Å². The molecule has 0 amide bonds. The second-order valence-electron chi connectivity index (χ2n) is 4.80. The van der Waals surface area contributed by atoms with E-state index in [2.05, 4.69) is 64.6 Å². The van der Waals surface area contributed by atoms with Crippen LogP contribution in [-0.4, -0.2) is 9.52 Å². The van der Waals surface area contributed by atoms with Crippen molar-refractivity contribution < 1.29 is 57.7 Å². The van der Waals surface area contributed by atoms with Crippen molar-refractivity contribution in [1.29, 1.82) is 0 Å². The molecule has 0 aromatic heterocycles. The summed E-state index contributed by atoms with van der Waals surface area (Å²) in [5, 5.41) is 3.34. The van der Waals surface area contributed by atoms with Crippen LogP contribution >= 0.6 is 0 Å². The monoisotopic (exact) mass is 380 g/mol. The van der Waals surface area contributed by atoms with Gasteiger partial charge in [-0.05, 0) is 0 Å². The van der Waals surface area contributed by atoms with Crippen LogP contribution in [0.4, 0.5) is 0 Å². The van der Waals surface area contributed by atoms with Gasteiger partial charge in [0.25, 0.3) is 0 Å². The quantitative estimate of drug-likeness (QED) is 0.456. The molecule has 0 atom stereocenters. The Hall–Kier alpha value is 0.501. The third-order valence-corrected chi connectivity index (χ3v) is 7.10. The molecule has 0 N–H and O–H groups in total. The SMILES string of the molecule is CCCC1=C(C)[C]([Ti+3])=C([SiH2]c2ccccc2)C1.[Cl-].[Cl-].[Cl-]. The van der Waals surface area contributed by atoms with E-state index in [-0.39, 0.29) is 46.7 Å². The van der Waals surface area contributed by atoms with E-state index < -0.39 is 0 Å². The molecule has 0 saturated carbocycles. The first-order valence-electron chi connectivity index (χ1n) is 6.39. The Morgan fingerprint density at radius 2 is 1.70 bits per heavy atom. The van der Waals surface area contributed by atoms with Crippen molar-refractivity contribution in [3.8, 4) is 0 Å². The summed E-state index contributed by atoms with van der Waals surface area (Å²) in [6, 6.07) is 11.0. The van der Waals surface area contributed by atoms with Gasteiger partial charge >= 0.3 is 119 Å². The normalized spacial score (nSPS) is 14.2. The zero-order valence-electron chi connectivity index (χ0n) is 11.8. The van der Waals surface area contributed by atoms with Gasteiger partial charge in [0.05, 0.1) is 0 Å². The molecule has 108 valence electrons. The molecule has 1 aromatic rings. The summed E-state index contributed by atoms with van der Waals surface area (Å²) >= 11 is 2.32. The van der Waals surface area contributed by atoms with E-state index >= 15 is 0 Å². The van der Waals surface area contributed by atoms with Crippen LogP contribution in [0.15, 0.2) is 50.6 Å². The Kier molecular flexibility index (Phi) is 12.7. The number of benzene rings is 1. The third kappa shape index (κ3) is 5.71. The Morgan fingerprint density at radius 1 is 1.10 bits per heavy atom. The summed E-state index contributed by atoms with van der Waals surface area (Å²) in [4.78, 5) is 0. The maximum atomic E-state index is 2.32. The standard InChI is InChI=1S/C15H19Si.3ClH.Ti/c1-3-7-13-11-15(10-12(13)2)16-14-8-5-4-6-9-14;;;;/h4-6,8-9H,3,7,11,16H2,1-2H3;3*1H;/q;;;;+3/p-3. The Bertz CT molecular complexity index is 469. The first-order chi connectivity index (χ1) is 8.22. The molecule has 0 fully saturated rings. The fourth-order valence-electron chi connectivity index (χ4n) is 2.49. The molecule has 2 rings (SSSR count). The molecule has 0 spiro atoms. The van der Waals surface area contributed by atoms with Crippen LogP contribution < -0.4 is 42.4 Å². The molecule has 1 aliphatic carbocycles. The summed E-state index contributed by atoms with van der Waals surface area (Å²) in [6.45, 7) is 4.59. The molecule has 0 bridgehead atoms. The molecule has 0 unspecified atom stereocenters. The molecule has 1 aliphatic rings. The number of rotatable bonds is 4. The summed E-state index contributed by atoms with van der Waals surface area (Å²) in [6.07, 6.45) is 3.84. The largest absolute Gasteiger partial charge is 1.00 e. The van der Waals surface area contributed by atoms with E-state index in [1.807, 2.05) is 0 Å². The summed E-state index contributed by atoms with van der Waals surface area (Å²) < 4.78 is 1.60. The van der Waals surface area contributed by atoms with Gasteiger partial charge in [-0.3, -0.25) is 0 Å². The van der Waals surface area contributed by atoms with Gasteiger partial charge < -0.3 is 37.2 Å². The smallest absolute Gasteiger partial charge is 1.00 e. The van der Waals surface area contributed by atoms with Gasteiger partial charge in [0.2, 0.25) is 0 Å². The topological polar surface area (TPSA) is 0 Å². The summed E-state index contributed by atoms with van der Waals surface area (Å²) in [5.41, 5.74) is 3.29. The van der Waals surface area contributed by atoms with Crippen molar-refractivity contribution in [3.63, 3.8) is 0 Å². The number of allylic oxidation sites excluding steroid dienone is 4. The van der Waals surface area contributed by atoms with Crippen molar-refractivity contribution in [3.05, 3.63) is 50.6 Å². The fourth-order valence-corrected chi connectivity index (χ4v) is 5.19. The molecule has 0 radical (unpaired) electrons. The second-order valence-corrected chi connectivity index (χ2v) is 7.60. The predicted octanol–water partition coefficient (Wildman–Crippen LogP) is -6.23. The van der Waals surface area contributed by atoms with E-state index in [9.17, 15) is 0 Å². The van der Waals surface area contributed by atoms with E-state index in [1.165, 1.54) is 19.3 Å². The number of hydrogen-bond acceptors (Lipinski definition) is 0. The molecule has 0 heterocycles. The van der Waals surface area contributed by atoms with Crippen molar-refractivity contribution in [1.82, 2.24) is 0 Å². The van der Waals surface area contributed by atoms with Crippen LogP contribution in [0.3, 0.4) is 0 Å². The molecule has 0 nitrogen and oxygen atoms in total. The predicted molar refractivity (Wildman–Crippen MR) is 73.9 cm³/mol. The van der Waals surface area contributed by atoms with Gasteiger partial charge in [-0.15, -0.1) is 0 Å². The van der Waals surface area contributed by atoms with Gasteiger partial charge in [-0.1, -0.05) is 0 Å². The van der Waals surface area contributed by atoms with Crippen molar-refractivity contribution >= 4 is 14.7 Å². The van der Waals surface area contributed by atoms with Gasteiger partial charge in [-0.25, -0.2) is 0 Å². The number of hydrogen-bond donors (Lipinski definition) is 0. The minimum Gasteiger partial charge on any atom is -1.00 e. The summed E-state index contributed by atoms with van der Waals surface area (Å²) in [5.74, 6) is 0. The third-order valence-electron chi connectivity index (χ3n) is 3.50. The number of halogens is 3. The zero-order chi connectivity index (χ0) is 12.3.